The fourth-order valence-corrected chi connectivity index (χ4v) is 2.83. The van der Waals surface area contributed by atoms with Crippen molar-refractivity contribution in [2.45, 2.75) is 40.2 Å². The van der Waals surface area contributed by atoms with E-state index in [9.17, 15) is 22.0 Å². The summed E-state index contributed by atoms with van der Waals surface area (Å²) in [4.78, 5) is 0. The zero-order valence-corrected chi connectivity index (χ0v) is 13.7. The van der Waals surface area contributed by atoms with Gasteiger partial charge in [0, 0.05) is 0 Å². The number of hydrogen-bond donors (Lipinski definition) is 0. The van der Waals surface area contributed by atoms with Crippen molar-refractivity contribution in [1.82, 2.24) is 0 Å². The largest absolute Gasteiger partial charge is 0.457 e. The predicted molar refractivity (Wildman–Crippen MR) is 82.4 cm³/mol. The fourth-order valence-electron chi connectivity index (χ4n) is 2.83. The summed E-state index contributed by atoms with van der Waals surface area (Å²) in [6.07, 6.45) is -8.78. The highest BCUT2D eigenvalue weighted by Gasteiger charge is 2.43. The number of ether oxygens (including phenoxy) is 1. The molecule has 0 radical (unpaired) electrons. The van der Waals surface area contributed by atoms with E-state index in [0.717, 1.165) is 28.3 Å². The number of benzene rings is 2. The third kappa shape index (κ3) is 3.68. The van der Waals surface area contributed by atoms with Gasteiger partial charge in [0.05, 0.1) is 0 Å². The Morgan fingerprint density at radius 2 is 1.42 bits per heavy atom. The molecule has 1 unspecified atom stereocenters. The van der Waals surface area contributed by atoms with Crippen LogP contribution < -0.4 is 4.74 Å². The van der Waals surface area contributed by atoms with Crippen LogP contribution in [0.25, 0.3) is 11.1 Å². The summed E-state index contributed by atoms with van der Waals surface area (Å²) in [6.45, 7) is 7.05. The number of rotatable bonds is 3. The molecule has 1 nitrogen and oxygen atoms in total. The number of aryl methyl sites for hydroxylation is 4. The average molecular weight is 344 g/mol. The molecule has 0 saturated carbocycles. The minimum atomic E-state index is -5.21. The highest BCUT2D eigenvalue weighted by atomic mass is 19.4. The summed E-state index contributed by atoms with van der Waals surface area (Å²) < 4.78 is 68.2. The fraction of sp³-hybridized carbons (Fsp3) is 0.333. The lowest BCUT2D eigenvalue weighted by molar-refractivity contribution is -0.237. The van der Waals surface area contributed by atoms with E-state index in [1.165, 1.54) is 13.0 Å². The lowest BCUT2D eigenvalue weighted by Gasteiger charge is -2.18. The Balaban J connectivity index is 2.48. The van der Waals surface area contributed by atoms with E-state index in [2.05, 4.69) is 4.74 Å². The summed E-state index contributed by atoms with van der Waals surface area (Å²) in [5, 5.41) is 0. The van der Waals surface area contributed by atoms with Gasteiger partial charge in [0.15, 0.2) is 11.6 Å². The number of hydrogen-bond acceptors (Lipinski definition) is 1. The third-order valence-electron chi connectivity index (χ3n) is 3.67. The average Bonchev–Trinajstić information content (AvgIpc) is 2.40. The zero-order valence-electron chi connectivity index (χ0n) is 13.7. The number of alkyl halides is 4. The Kier molecular flexibility index (Phi) is 4.87. The van der Waals surface area contributed by atoms with Crippen LogP contribution in [-0.2, 0) is 0 Å². The molecule has 0 aliphatic heterocycles. The lowest BCUT2D eigenvalue weighted by Crippen LogP contribution is -2.30. The van der Waals surface area contributed by atoms with E-state index in [4.69, 9.17) is 0 Å². The van der Waals surface area contributed by atoms with Gasteiger partial charge in [-0.1, -0.05) is 17.7 Å². The second kappa shape index (κ2) is 6.42. The molecular weight excluding hydrogens is 327 g/mol. The smallest absolute Gasteiger partial charge is 0.449 e. The maximum atomic E-state index is 14.2. The van der Waals surface area contributed by atoms with Gasteiger partial charge >= 0.3 is 12.5 Å². The predicted octanol–water partition coefficient (Wildman–Crippen LogP) is 5.96. The van der Waals surface area contributed by atoms with Crippen LogP contribution in [0.4, 0.5) is 22.0 Å². The third-order valence-corrected chi connectivity index (χ3v) is 3.67. The standard InChI is InChI=1S/C18H17F5O/c1-9-5-10(2)15(11(3)6-9)13-7-12(4)16(14(19)8-13)24-17(20)18(21,22)23/h5-8,17H,1-4H3. The van der Waals surface area contributed by atoms with E-state index < -0.39 is 24.1 Å². The molecule has 2 rings (SSSR count). The van der Waals surface area contributed by atoms with Crippen LogP contribution in [-0.4, -0.2) is 12.5 Å². The molecule has 0 aliphatic rings. The monoisotopic (exact) mass is 344 g/mol. The van der Waals surface area contributed by atoms with E-state index >= 15 is 0 Å². The summed E-state index contributed by atoms with van der Waals surface area (Å²) in [5.41, 5.74) is 4.28. The highest BCUT2D eigenvalue weighted by molar-refractivity contribution is 5.72. The van der Waals surface area contributed by atoms with Gasteiger partial charge in [-0.15, -0.1) is 0 Å². The molecule has 0 bridgehead atoms. The van der Waals surface area contributed by atoms with Gasteiger partial charge in [-0.25, -0.2) is 4.39 Å². The van der Waals surface area contributed by atoms with E-state index in [-0.39, 0.29) is 5.56 Å². The molecule has 2 aromatic rings. The molecule has 0 heterocycles. The molecule has 1 atom stereocenters. The summed E-state index contributed by atoms with van der Waals surface area (Å²) >= 11 is 0. The molecule has 0 aromatic heterocycles. The Morgan fingerprint density at radius 1 is 0.875 bits per heavy atom. The molecule has 0 saturated heterocycles. The van der Waals surface area contributed by atoms with Gasteiger partial charge in [-0.3, -0.25) is 0 Å². The Bertz CT molecular complexity index is 718. The van der Waals surface area contributed by atoms with Crippen LogP contribution in [0.15, 0.2) is 24.3 Å². The van der Waals surface area contributed by atoms with Gasteiger partial charge < -0.3 is 4.74 Å². The second-order valence-electron chi connectivity index (χ2n) is 5.85. The van der Waals surface area contributed by atoms with Crippen LogP contribution in [0.5, 0.6) is 5.75 Å². The topological polar surface area (TPSA) is 9.23 Å². The van der Waals surface area contributed by atoms with Crippen molar-refractivity contribution in [1.29, 1.82) is 0 Å². The van der Waals surface area contributed by atoms with Crippen molar-refractivity contribution >= 4 is 0 Å². The second-order valence-corrected chi connectivity index (χ2v) is 5.85. The van der Waals surface area contributed by atoms with Crippen LogP contribution in [0.1, 0.15) is 22.3 Å². The van der Waals surface area contributed by atoms with Gasteiger partial charge in [0.2, 0.25) is 0 Å². The molecule has 0 amide bonds. The molecule has 0 aliphatic carbocycles. The van der Waals surface area contributed by atoms with E-state index in [1.54, 1.807) is 0 Å². The van der Waals surface area contributed by atoms with Gasteiger partial charge in [0.1, 0.15) is 0 Å². The molecule has 6 heteroatoms. The lowest BCUT2D eigenvalue weighted by atomic mass is 9.93. The minimum Gasteiger partial charge on any atom is -0.449 e. The summed E-state index contributed by atoms with van der Waals surface area (Å²) in [7, 11) is 0. The van der Waals surface area contributed by atoms with E-state index in [1.807, 2.05) is 32.9 Å². The van der Waals surface area contributed by atoms with Crippen molar-refractivity contribution in [3.8, 4) is 16.9 Å². The van der Waals surface area contributed by atoms with Crippen LogP contribution in [0, 0.1) is 33.5 Å². The molecule has 2 aromatic carbocycles. The first-order chi connectivity index (χ1) is 11.0. The zero-order chi connectivity index (χ0) is 18.2. The molecule has 0 fully saturated rings. The molecular formula is C18H17F5O. The number of halogens is 5. The molecule has 0 N–H and O–H groups in total. The SMILES string of the molecule is Cc1cc(C)c(-c2cc(C)c(OC(F)C(F)(F)F)c(F)c2)c(C)c1. The summed E-state index contributed by atoms with van der Waals surface area (Å²) in [5.74, 6) is -1.76. The van der Waals surface area contributed by atoms with Crippen LogP contribution in [0.3, 0.4) is 0 Å². The van der Waals surface area contributed by atoms with Crippen LogP contribution >= 0.6 is 0 Å². The first-order valence-corrected chi connectivity index (χ1v) is 7.26. The quantitative estimate of drug-likeness (QED) is 0.624. The molecule has 24 heavy (non-hydrogen) atoms. The first-order valence-electron chi connectivity index (χ1n) is 7.26. The van der Waals surface area contributed by atoms with Gasteiger partial charge in [-0.2, -0.15) is 17.6 Å². The summed E-state index contributed by atoms with van der Waals surface area (Å²) in [6, 6.07) is 6.42. The normalized spacial score (nSPS) is 13.0. The van der Waals surface area contributed by atoms with Gasteiger partial charge in [-0.05, 0) is 67.6 Å². The maximum absolute atomic E-state index is 14.2. The molecule has 130 valence electrons. The Morgan fingerprint density at radius 3 is 1.88 bits per heavy atom. The van der Waals surface area contributed by atoms with Crippen LogP contribution in [0.2, 0.25) is 0 Å². The first kappa shape index (κ1) is 18.2. The highest BCUT2D eigenvalue weighted by Crippen LogP contribution is 2.35. The van der Waals surface area contributed by atoms with Crippen molar-refractivity contribution in [3.63, 3.8) is 0 Å². The van der Waals surface area contributed by atoms with Gasteiger partial charge in [0.25, 0.3) is 0 Å². The van der Waals surface area contributed by atoms with Crippen molar-refractivity contribution in [3.05, 3.63) is 52.3 Å². The van der Waals surface area contributed by atoms with Crippen molar-refractivity contribution in [2.24, 2.45) is 0 Å². The maximum Gasteiger partial charge on any atom is 0.457 e. The van der Waals surface area contributed by atoms with Crippen molar-refractivity contribution in [2.75, 3.05) is 0 Å². The minimum absolute atomic E-state index is 0.0938. The Hall–Kier alpha value is -2.11. The van der Waals surface area contributed by atoms with E-state index in [0.29, 0.717) is 5.56 Å². The van der Waals surface area contributed by atoms with Crippen molar-refractivity contribution < 1.29 is 26.7 Å². The molecule has 0 spiro atoms. The Labute approximate surface area is 137 Å².